The summed E-state index contributed by atoms with van der Waals surface area (Å²) in [4.78, 5) is 12.9. The SMILES string of the molecule is COc1ccc(/C=C(\C#N)C(=O)Nc2ccc(OCc3ccc(Br)cc3)cc2)c(OCc2ccc(F)cc2)c1. The highest BCUT2D eigenvalue weighted by molar-refractivity contribution is 9.10. The highest BCUT2D eigenvalue weighted by Gasteiger charge is 2.13. The highest BCUT2D eigenvalue weighted by atomic mass is 79.9. The minimum absolute atomic E-state index is 0.109. The molecule has 0 saturated heterocycles. The van der Waals surface area contributed by atoms with Crippen molar-refractivity contribution in [2.45, 2.75) is 13.2 Å². The van der Waals surface area contributed by atoms with Gasteiger partial charge < -0.3 is 19.5 Å². The fourth-order valence-electron chi connectivity index (χ4n) is 3.51. The lowest BCUT2D eigenvalue weighted by Gasteiger charge is -2.12. The topological polar surface area (TPSA) is 80.6 Å². The van der Waals surface area contributed by atoms with Gasteiger partial charge in [0, 0.05) is 21.8 Å². The zero-order chi connectivity index (χ0) is 27.6. The Morgan fingerprint density at radius 3 is 2.15 bits per heavy atom. The van der Waals surface area contributed by atoms with Gasteiger partial charge in [0.25, 0.3) is 5.91 Å². The summed E-state index contributed by atoms with van der Waals surface area (Å²) in [6.07, 6.45) is 1.45. The molecule has 0 heterocycles. The molecule has 4 aromatic carbocycles. The fourth-order valence-corrected chi connectivity index (χ4v) is 3.78. The number of ether oxygens (including phenoxy) is 3. The molecule has 4 rings (SSSR count). The molecule has 0 atom stereocenters. The maximum absolute atomic E-state index is 13.2. The van der Waals surface area contributed by atoms with Gasteiger partial charge in [-0.1, -0.05) is 40.2 Å². The van der Waals surface area contributed by atoms with E-state index in [1.807, 2.05) is 30.3 Å². The van der Waals surface area contributed by atoms with Crippen LogP contribution >= 0.6 is 15.9 Å². The number of nitrogens with zero attached hydrogens (tertiary/aromatic N) is 1. The van der Waals surface area contributed by atoms with Gasteiger partial charge in [0.2, 0.25) is 0 Å². The molecule has 1 amide bonds. The van der Waals surface area contributed by atoms with Crippen molar-refractivity contribution in [3.8, 4) is 23.3 Å². The largest absolute Gasteiger partial charge is 0.497 e. The summed E-state index contributed by atoms with van der Waals surface area (Å²) in [5.74, 6) is 0.698. The second-order valence-corrected chi connectivity index (χ2v) is 9.30. The van der Waals surface area contributed by atoms with E-state index in [1.165, 1.54) is 25.3 Å². The number of nitrogens with one attached hydrogen (secondary N) is 1. The van der Waals surface area contributed by atoms with Crippen LogP contribution < -0.4 is 19.5 Å². The van der Waals surface area contributed by atoms with Crippen molar-refractivity contribution in [2.24, 2.45) is 0 Å². The summed E-state index contributed by atoms with van der Waals surface area (Å²) in [5.41, 5.74) is 2.71. The molecule has 0 fully saturated rings. The van der Waals surface area contributed by atoms with Crippen molar-refractivity contribution >= 4 is 33.6 Å². The zero-order valence-electron chi connectivity index (χ0n) is 21.0. The third kappa shape index (κ3) is 7.94. The maximum Gasteiger partial charge on any atom is 0.266 e. The molecule has 1 N–H and O–H groups in total. The molecule has 0 aliphatic rings. The van der Waals surface area contributed by atoms with Crippen molar-refractivity contribution in [1.82, 2.24) is 0 Å². The van der Waals surface area contributed by atoms with E-state index < -0.39 is 5.91 Å². The number of rotatable bonds is 10. The molecule has 196 valence electrons. The molecule has 0 unspecified atom stereocenters. The molecule has 4 aromatic rings. The van der Waals surface area contributed by atoms with Crippen LogP contribution in [-0.2, 0) is 18.0 Å². The van der Waals surface area contributed by atoms with Gasteiger partial charge in [-0.2, -0.15) is 5.26 Å². The van der Waals surface area contributed by atoms with Crippen LogP contribution in [0.2, 0.25) is 0 Å². The van der Waals surface area contributed by atoms with Gasteiger partial charge in [0.05, 0.1) is 7.11 Å². The van der Waals surface area contributed by atoms with Crippen LogP contribution in [0.15, 0.2) is 101 Å². The van der Waals surface area contributed by atoms with Gasteiger partial charge >= 0.3 is 0 Å². The Morgan fingerprint density at radius 2 is 1.51 bits per heavy atom. The monoisotopic (exact) mass is 586 g/mol. The smallest absolute Gasteiger partial charge is 0.266 e. The minimum atomic E-state index is -0.568. The van der Waals surface area contributed by atoms with Crippen LogP contribution in [0, 0.1) is 17.1 Å². The third-order valence-corrected chi connectivity index (χ3v) is 6.15. The predicted octanol–water partition coefficient (Wildman–Crippen LogP) is 7.30. The first-order chi connectivity index (χ1) is 18.9. The number of carbonyl (C=O) groups excluding carboxylic acids is 1. The van der Waals surface area contributed by atoms with E-state index in [1.54, 1.807) is 54.6 Å². The second kappa shape index (κ2) is 13.3. The normalized spacial score (nSPS) is 10.9. The standard InChI is InChI=1S/C31H24BrFN2O4/c1-37-29-13-6-23(30(17-29)39-20-22-4-9-26(33)10-5-22)16-24(18-34)31(36)35-27-11-14-28(15-12-27)38-19-21-2-7-25(32)8-3-21/h2-17H,19-20H2,1H3,(H,35,36)/b24-16+. The first-order valence-corrected chi connectivity index (χ1v) is 12.7. The molecule has 6 nitrogen and oxygen atoms in total. The quantitative estimate of drug-likeness (QED) is 0.156. The summed E-state index contributed by atoms with van der Waals surface area (Å²) < 4.78 is 31.2. The van der Waals surface area contributed by atoms with Crippen LogP contribution in [0.25, 0.3) is 6.08 Å². The Kier molecular flexibility index (Phi) is 9.33. The van der Waals surface area contributed by atoms with Gasteiger partial charge in [0.15, 0.2) is 0 Å². The first kappa shape index (κ1) is 27.4. The molecule has 39 heavy (non-hydrogen) atoms. The van der Waals surface area contributed by atoms with Crippen molar-refractivity contribution in [3.05, 3.63) is 124 Å². The Morgan fingerprint density at radius 1 is 0.897 bits per heavy atom. The lowest BCUT2D eigenvalue weighted by atomic mass is 10.1. The van der Waals surface area contributed by atoms with E-state index in [2.05, 4.69) is 21.2 Å². The second-order valence-electron chi connectivity index (χ2n) is 8.38. The van der Waals surface area contributed by atoms with Crippen molar-refractivity contribution < 1.29 is 23.4 Å². The van der Waals surface area contributed by atoms with Gasteiger partial charge in [-0.3, -0.25) is 4.79 Å². The van der Waals surface area contributed by atoms with Crippen molar-refractivity contribution in [3.63, 3.8) is 0 Å². The van der Waals surface area contributed by atoms with Crippen molar-refractivity contribution in [2.75, 3.05) is 12.4 Å². The van der Waals surface area contributed by atoms with E-state index in [0.717, 1.165) is 15.6 Å². The Balaban J connectivity index is 1.43. The summed E-state index contributed by atoms with van der Waals surface area (Å²) in [7, 11) is 1.53. The first-order valence-electron chi connectivity index (χ1n) is 11.9. The minimum Gasteiger partial charge on any atom is -0.497 e. The maximum atomic E-state index is 13.2. The average molecular weight is 587 g/mol. The van der Waals surface area contributed by atoms with E-state index in [9.17, 15) is 14.4 Å². The van der Waals surface area contributed by atoms with E-state index in [4.69, 9.17) is 14.2 Å². The van der Waals surface area contributed by atoms with Crippen LogP contribution in [0.4, 0.5) is 10.1 Å². The lowest BCUT2D eigenvalue weighted by Crippen LogP contribution is -2.13. The van der Waals surface area contributed by atoms with Gasteiger partial charge in [-0.25, -0.2) is 4.39 Å². The van der Waals surface area contributed by atoms with E-state index in [-0.39, 0.29) is 18.0 Å². The number of nitriles is 1. The molecule has 0 saturated carbocycles. The molecule has 0 bridgehead atoms. The van der Waals surface area contributed by atoms with Gasteiger partial charge in [0.1, 0.15) is 47.9 Å². The molecule has 0 spiro atoms. The number of hydrogen-bond acceptors (Lipinski definition) is 5. The third-order valence-electron chi connectivity index (χ3n) is 5.62. The Hall–Kier alpha value is -4.61. The molecule has 0 radical (unpaired) electrons. The molecule has 0 aliphatic heterocycles. The molecular formula is C31H24BrFN2O4. The molecular weight excluding hydrogens is 563 g/mol. The molecule has 0 aromatic heterocycles. The number of benzene rings is 4. The summed E-state index contributed by atoms with van der Waals surface area (Å²) in [5, 5.41) is 12.4. The zero-order valence-corrected chi connectivity index (χ0v) is 22.6. The average Bonchev–Trinajstić information content (AvgIpc) is 2.96. The van der Waals surface area contributed by atoms with E-state index in [0.29, 0.717) is 35.1 Å². The van der Waals surface area contributed by atoms with Gasteiger partial charge in [-0.15, -0.1) is 0 Å². The Labute approximate surface area is 234 Å². The van der Waals surface area contributed by atoms with Crippen LogP contribution in [-0.4, -0.2) is 13.0 Å². The summed E-state index contributed by atoms with van der Waals surface area (Å²) >= 11 is 3.41. The summed E-state index contributed by atoms with van der Waals surface area (Å²) in [6, 6.07) is 27.7. The number of methoxy groups -OCH3 is 1. The fraction of sp³-hybridized carbons (Fsp3) is 0.0968. The van der Waals surface area contributed by atoms with Crippen LogP contribution in [0.1, 0.15) is 16.7 Å². The van der Waals surface area contributed by atoms with E-state index >= 15 is 0 Å². The number of hydrogen-bond donors (Lipinski definition) is 1. The van der Waals surface area contributed by atoms with Crippen molar-refractivity contribution in [1.29, 1.82) is 5.26 Å². The van der Waals surface area contributed by atoms with Crippen LogP contribution in [0.5, 0.6) is 17.2 Å². The number of halogens is 2. The highest BCUT2D eigenvalue weighted by Crippen LogP contribution is 2.28. The number of anilines is 1. The predicted molar refractivity (Wildman–Crippen MR) is 151 cm³/mol. The molecule has 0 aliphatic carbocycles. The number of carbonyl (C=O) groups is 1. The van der Waals surface area contributed by atoms with Gasteiger partial charge in [-0.05, 0) is 77.9 Å². The Bertz CT molecular complexity index is 1500. The lowest BCUT2D eigenvalue weighted by molar-refractivity contribution is -0.112. The number of amides is 1. The summed E-state index contributed by atoms with van der Waals surface area (Å²) in [6.45, 7) is 0.576. The molecule has 8 heteroatoms. The van der Waals surface area contributed by atoms with Crippen LogP contribution in [0.3, 0.4) is 0 Å².